The van der Waals surface area contributed by atoms with Crippen molar-refractivity contribution in [1.29, 1.82) is 0 Å². The van der Waals surface area contributed by atoms with Crippen LogP contribution in [0.4, 0.5) is 0 Å². The Hall–Kier alpha value is -0.750. The average molecular weight is 351 g/mol. The molecule has 0 aromatic heterocycles. The van der Waals surface area contributed by atoms with Gasteiger partial charge in [0.2, 0.25) is 0 Å². The zero-order valence-corrected chi connectivity index (χ0v) is 15.8. The second-order valence-corrected chi connectivity index (χ2v) is 9.31. The van der Waals surface area contributed by atoms with Crippen molar-refractivity contribution < 1.29 is 8.95 Å². The van der Waals surface area contributed by atoms with E-state index in [0.29, 0.717) is 6.61 Å². The summed E-state index contributed by atoms with van der Waals surface area (Å²) in [6.45, 7) is 9.66. The molecular weight excluding hydrogens is 320 g/mol. The summed E-state index contributed by atoms with van der Waals surface area (Å²) in [5.74, 6) is 0. The zero-order valence-electron chi connectivity index (χ0n) is 14.9. The highest BCUT2D eigenvalue weighted by Crippen LogP contribution is 2.31. The SMILES string of the molecule is CC(C)S(=O)N1CCOC2(CCN(CCc3ccccc3)CC2)C1. The van der Waals surface area contributed by atoms with E-state index in [1.165, 1.54) is 5.56 Å². The molecule has 2 aliphatic rings. The van der Waals surface area contributed by atoms with E-state index in [9.17, 15) is 4.21 Å². The molecule has 0 aliphatic carbocycles. The fraction of sp³-hybridized carbons (Fsp3) is 0.684. The molecule has 0 bridgehead atoms. The Labute approximate surface area is 148 Å². The summed E-state index contributed by atoms with van der Waals surface area (Å²) in [6.07, 6.45) is 3.21. The molecule has 0 amide bonds. The highest BCUT2D eigenvalue weighted by Gasteiger charge is 2.41. The van der Waals surface area contributed by atoms with Crippen LogP contribution in [0.25, 0.3) is 0 Å². The van der Waals surface area contributed by atoms with Gasteiger partial charge in [-0.15, -0.1) is 0 Å². The van der Waals surface area contributed by atoms with E-state index in [-0.39, 0.29) is 10.9 Å². The van der Waals surface area contributed by atoms with Crippen LogP contribution in [0.3, 0.4) is 0 Å². The number of morpholine rings is 1. The van der Waals surface area contributed by atoms with E-state index in [0.717, 1.165) is 52.0 Å². The van der Waals surface area contributed by atoms with Crippen molar-refractivity contribution in [3.05, 3.63) is 35.9 Å². The van der Waals surface area contributed by atoms with E-state index >= 15 is 0 Å². The lowest BCUT2D eigenvalue weighted by molar-refractivity contribution is -0.118. The van der Waals surface area contributed by atoms with Gasteiger partial charge < -0.3 is 9.64 Å². The highest BCUT2D eigenvalue weighted by molar-refractivity contribution is 7.83. The molecule has 1 unspecified atom stereocenters. The molecule has 24 heavy (non-hydrogen) atoms. The van der Waals surface area contributed by atoms with Crippen LogP contribution in [-0.2, 0) is 22.1 Å². The van der Waals surface area contributed by atoms with Crippen LogP contribution >= 0.6 is 0 Å². The molecule has 2 saturated heterocycles. The molecule has 1 aromatic rings. The van der Waals surface area contributed by atoms with E-state index in [2.05, 4.69) is 39.5 Å². The van der Waals surface area contributed by atoms with Gasteiger partial charge in [-0.05, 0) is 38.7 Å². The van der Waals surface area contributed by atoms with Gasteiger partial charge in [0.05, 0.1) is 23.2 Å². The molecule has 2 aliphatic heterocycles. The summed E-state index contributed by atoms with van der Waals surface area (Å²) in [6, 6.07) is 10.7. The molecule has 134 valence electrons. The molecule has 4 nitrogen and oxygen atoms in total. The summed E-state index contributed by atoms with van der Waals surface area (Å²) in [5, 5.41) is 0.186. The Morgan fingerprint density at radius 3 is 2.54 bits per heavy atom. The number of hydrogen-bond acceptors (Lipinski definition) is 3. The van der Waals surface area contributed by atoms with E-state index < -0.39 is 11.0 Å². The smallest absolute Gasteiger partial charge is 0.0970 e. The Morgan fingerprint density at radius 2 is 1.88 bits per heavy atom. The van der Waals surface area contributed by atoms with Crippen LogP contribution in [0.2, 0.25) is 0 Å². The van der Waals surface area contributed by atoms with Gasteiger partial charge in [-0.3, -0.25) is 0 Å². The van der Waals surface area contributed by atoms with Crippen molar-refractivity contribution in [1.82, 2.24) is 9.21 Å². The Bertz CT molecular complexity index is 542. The van der Waals surface area contributed by atoms with Gasteiger partial charge in [0, 0.05) is 38.0 Å². The zero-order chi connectivity index (χ0) is 17.0. The topological polar surface area (TPSA) is 32.8 Å². The third kappa shape index (κ3) is 4.45. The lowest BCUT2D eigenvalue weighted by Gasteiger charge is -2.47. The van der Waals surface area contributed by atoms with Gasteiger partial charge >= 0.3 is 0 Å². The maximum Gasteiger partial charge on any atom is 0.0970 e. The van der Waals surface area contributed by atoms with Crippen LogP contribution < -0.4 is 0 Å². The quantitative estimate of drug-likeness (QED) is 0.818. The van der Waals surface area contributed by atoms with Crippen LogP contribution in [-0.4, -0.2) is 63.6 Å². The van der Waals surface area contributed by atoms with E-state index in [1.54, 1.807) is 0 Å². The minimum atomic E-state index is -0.883. The Morgan fingerprint density at radius 1 is 1.17 bits per heavy atom. The second-order valence-electron chi connectivity index (χ2n) is 7.30. The van der Waals surface area contributed by atoms with Gasteiger partial charge in [-0.25, -0.2) is 8.51 Å². The number of benzene rings is 1. The molecule has 0 saturated carbocycles. The normalized spacial score (nSPS) is 23.6. The molecular formula is C19H30N2O2S. The van der Waals surface area contributed by atoms with E-state index in [4.69, 9.17) is 4.74 Å². The fourth-order valence-electron chi connectivity index (χ4n) is 3.68. The highest BCUT2D eigenvalue weighted by atomic mass is 32.2. The van der Waals surface area contributed by atoms with Gasteiger partial charge in [-0.1, -0.05) is 30.3 Å². The summed E-state index contributed by atoms with van der Waals surface area (Å²) >= 11 is 0. The number of ether oxygens (including phenoxy) is 1. The number of piperidine rings is 1. The summed E-state index contributed by atoms with van der Waals surface area (Å²) < 4.78 is 20.7. The predicted molar refractivity (Wildman–Crippen MR) is 99.4 cm³/mol. The number of nitrogens with zero attached hydrogens (tertiary/aromatic N) is 2. The van der Waals surface area contributed by atoms with Crippen LogP contribution in [0, 0.1) is 0 Å². The molecule has 1 atom stereocenters. The first-order valence-corrected chi connectivity index (χ1v) is 10.3. The van der Waals surface area contributed by atoms with Crippen molar-refractivity contribution in [2.75, 3.05) is 39.3 Å². The second kappa shape index (κ2) is 8.09. The molecule has 2 heterocycles. The largest absolute Gasteiger partial charge is 0.372 e. The van der Waals surface area contributed by atoms with Gasteiger partial charge in [0.1, 0.15) is 0 Å². The summed E-state index contributed by atoms with van der Waals surface area (Å²) in [4.78, 5) is 2.54. The molecule has 0 N–H and O–H groups in total. The van der Waals surface area contributed by atoms with Crippen LogP contribution in [0.15, 0.2) is 30.3 Å². The Balaban J connectivity index is 1.49. The number of likely N-dealkylation sites (tertiary alicyclic amines) is 1. The molecule has 1 aromatic carbocycles. The monoisotopic (exact) mass is 350 g/mol. The third-order valence-corrected chi connectivity index (χ3v) is 6.83. The van der Waals surface area contributed by atoms with E-state index in [1.807, 2.05) is 13.8 Å². The van der Waals surface area contributed by atoms with Crippen LogP contribution in [0.5, 0.6) is 0 Å². The molecule has 1 spiro atoms. The maximum atomic E-state index is 12.4. The average Bonchev–Trinajstić information content (AvgIpc) is 2.61. The third-order valence-electron chi connectivity index (χ3n) is 5.20. The van der Waals surface area contributed by atoms with Crippen LogP contribution in [0.1, 0.15) is 32.3 Å². The molecule has 5 heteroatoms. The Kier molecular flexibility index (Phi) is 6.08. The minimum absolute atomic E-state index is 0.0773. The van der Waals surface area contributed by atoms with Crippen molar-refractivity contribution in [2.45, 2.75) is 44.0 Å². The lowest BCUT2D eigenvalue weighted by atomic mass is 9.90. The first-order valence-electron chi connectivity index (χ1n) is 9.14. The number of hydrogen-bond donors (Lipinski definition) is 0. The van der Waals surface area contributed by atoms with Crippen molar-refractivity contribution >= 4 is 11.0 Å². The number of rotatable bonds is 5. The van der Waals surface area contributed by atoms with Gasteiger partial charge in [-0.2, -0.15) is 0 Å². The first-order chi connectivity index (χ1) is 11.6. The molecule has 2 fully saturated rings. The maximum absolute atomic E-state index is 12.4. The predicted octanol–water partition coefficient (Wildman–Crippen LogP) is 2.47. The van der Waals surface area contributed by atoms with Gasteiger partial charge in [0.25, 0.3) is 0 Å². The summed E-state index contributed by atoms with van der Waals surface area (Å²) in [7, 11) is -0.883. The molecule has 3 rings (SSSR count). The molecule has 0 radical (unpaired) electrons. The summed E-state index contributed by atoms with van der Waals surface area (Å²) in [5.41, 5.74) is 1.33. The van der Waals surface area contributed by atoms with Crippen molar-refractivity contribution in [3.63, 3.8) is 0 Å². The fourth-order valence-corrected chi connectivity index (χ4v) is 4.89. The van der Waals surface area contributed by atoms with Gasteiger partial charge in [0.15, 0.2) is 0 Å². The van der Waals surface area contributed by atoms with Crippen molar-refractivity contribution in [3.8, 4) is 0 Å². The minimum Gasteiger partial charge on any atom is -0.372 e. The van der Waals surface area contributed by atoms with Crippen molar-refractivity contribution in [2.24, 2.45) is 0 Å². The standard InChI is InChI=1S/C19H30N2O2S/c1-17(2)24(22)21-14-15-23-19(16-21)9-12-20(13-10-19)11-8-18-6-4-3-5-7-18/h3-7,17H,8-16H2,1-2H3. The first kappa shape index (κ1) is 18.1. The lowest BCUT2D eigenvalue weighted by Crippen LogP contribution is -2.57.